The topological polar surface area (TPSA) is 35.2 Å². The molecule has 3 heteroatoms. The Kier molecular flexibility index (Phi) is 4.38. The molecule has 1 aliphatic heterocycles. The van der Waals surface area contributed by atoms with Gasteiger partial charge in [0.05, 0.1) is 0 Å². The van der Waals surface area contributed by atoms with Crippen LogP contribution in [-0.4, -0.2) is 13.2 Å². The van der Waals surface area contributed by atoms with E-state index in [2.05, 4.69) is 28.1 Å². The Labute approximate surface area is 105 Å². The quantitative estimate of drug-likeness (QED) is 0.924. The molecule has 1 aromatic rings. The van der Waals surface area contributed by atoms with E-state index in [1.54, 1.807) is 0 Å². The number of ether oxygens (including phenoxy) is 1. The van der Waals surface area contributed by atoms with Gasteiger partial charge in [-0.25, -0.2) is 0 Å². The summed E-state index contributed by atoms with van der Waals surface area (Å²) in [6.45, 7) is 1.80. The van der Waals surface area contributed by atoms with Gasteiger partial charge in [-0.3, -0.25) is 0 Å². The third-order valence-corrected chi connectivity index (χ3v) is 3.70. The van der Waals surface area contributed by atoms with Gasteiger partial charge in [-0.1, -0.05) is 28.1 Å². The first kappa shape index (κ1) is 12.1. The maximum atomic E-state index is 6.23. The van der Waals surface area contributed by atoms with Gasteiger partial charge in [0.25, 0.3) is 0 Å². The van der Waals surface area contributed by atoms with Crippen LogP contribution in [0.2, 0.25) is 0 Å². The molecule has 2 rings (SSSR count). The molecule has 0 aromatic heterocycles. The maximum absolute atomic E-state index is 6.23. The van der Waals surface area contributed by atoms with Crippen LogP contribution < -0.4 is 5.73 Å². The van der Waals surface area contributed by atoms with Crippen LogP contribution in [0.3, 0.4) is 0 Å². The summed E-state index contributed by atoms with van der Waals surface area (Å²) in [5.41, 5.74) is 7.46. The van der Waals surface area contributed by atoms with Crippen LogP contribution in [0.25, 0.3) is 0 Å². The predicted octanol–water partition coefficient (Wildman–Crippen LogP) is 3.27. The second-order valence-electron chi connectivity index (χ2n) is 4.45. The van der Waals surface area contributed by atoms with Crippen LogP contribution >= 0.6 is 15.9 Å². The van der Waals surface area contributed by atoms with Gasteiger partial charge in [0.15, 0.2) is 0 Å². The Morgan fingerprint density at radius 1 is 1.38 bits per heavy atom. The van der Waals surface area contributed by atoms with Gasteiger partial charge >= 0.3 is 0 Å². The largest absolute Gasteiger partial charge is 0.381 e. The highest BCUT2D eigenvalue weighted by Gasteiger charge is 2.18. The molecule has 1 aliphatic rings. The lowest BCUT2D eigenvalue weighted by Gasteiger charge is -2.25. The fourth-order valence-corrected chi connectivity index (χ4v) is 2.63. The molecule has 1 unspecified atom stereocenters. The number of nitrogens with two attached hydrogens (primary N) is 1. The molecule has 1 atom stereocenters. The normalized spacial score (nSPS) is 19.6. The van der Waals surface area contributed by atoms with E-state index >= 15 is 0 Å². The molecular formula is C13H18BrNO. The van der Waals surface area contributed by atoms with Gasteiger partial charge in [0.2, 0.25) is 0 Å². The second-order valence-corrected chi connectivity index (χ2v) is 5.37. The zero-order valence-corrected chi connectivity index (χ0v) is 10.9. The second kappa shape index (κ2) is 5.80. The fraction of sp³-hybridized carbons (Fsp3) is 0.538. The van der Waals surface area contributed by atoms with Crippen LogP contribution in [0.15, 0.2) is 28.7 Å². The van der Waals surface area contributed by atoms with Crippen LogP contribution in [0, 0.1) is 5.92 Å². The minimum Gasteiger partial charge on any atom is -0.381 e. The molecule has 1 heterocycles. The Balaban J connectivity index is 1.94. The van der Waals surface area contributed by atoms with Crippen LogP contribution in [0.5, 0.6) is 0 Å². The molecular weight excluding hydrogens is 266 g/mol. The summed E-state index contributed by atoms with van der Waals surface area (Å²) in [6.07, 6.45) is 3.38. The molecule has 0 radical (unpaired) electrons. The summed E-state index contributed by atoms with van der Waals surface area (Å²) >= 11 is 3.48. The minimum absolute atomic E-state index is 0.153. The average molecular weight is 284 g/mol. The summed E-state index contributed by atoms with van der Waals surface area (Å²) < 4.78 is 6.46. The van der Waals surface area contributed by atoms with Gasteiger partial charge in [-0.15, -0.1) is 0 Å². The van der Waals surface area contributed by atoms with Gasteiger partial charge in [-0.05, 0) is 42.9 Å². The lowest BCUT2D eigenvalue weighted by Crippen LogP contribution is -2.21. The Morgan fingerprint density at radius 3 is 2.81 bits per heavy atom. The number of benzene rings is 1. The molecule has 2 nitrogen and oxygen atoms in total. The predicted molar refractivity (Wildman–Crippen MR) is 69.2 cm³/mol. The number of hydrogen-bond acceptors (Lipinski definition) is 2. The molecule has 2 N–H and O–H groups in total. The monoisotopic (exact) mass is 283 g/mol. The summed E-state index contributed by atoms with van der Waals surface area (Å²) in [5, 5.41) is 0. The molecule has 16 heavy (non-hydrogen) atoms. The third-order valence-electron chi connectivity index (χ3n) is 3.20. The Hall–Kier alpha value is -0.380. The van der Waals surface area contributed by atoms with Crippen molar-refractivity contribution in [3.05, 3.63) is 34.3 Å². The van der Waals surface area contributed by atoms with E-state index in [1.807, 2.05) is 12.1 Å². The summed E-state index contributed by atoms with van der Waals surface area (Å²) in [6, 6.07) is 8.45. The van der Waals surface area contributed by atoms with Gasteiger partial charge in [-0.2, -0.15) is 0 Å². The van der Waals surface area contributed by atoms with E-state index in [-0.39, 0.29) is 6.04 Å². The number of halogens is 1. The smallest absolute Gasteiger partial charge is 0.0468 e. The van der Waals surface area contributed by atoms with Crippen LogP contribution in [0.1, 0.15) is 30.9 Å². The van der Waals surface area contributed by atoms with Crippen molar-refractivity contribution >= 4 is 15.9 Å². The SMILES string of the molecule is NC(CC1CCOCC1)c1cccc(Br)c1. The molecule has 0 aliphatic carbocycles. The van der Waals surface area contributed by atoms with E-state index in [1.165, 1.54) is 5.56 Å². The molecule has 1 saturated heterocycles. The first-order valence-electron chi connectivity index (χ1n) is 5.84. The van der Waals surface area contributed by atoms with E-state index in [0.717, 1.165) is 42.9 Å². The first-order chi connectivity index (χ1) is 7.75. The summed E-state index contributed by atoms with van der Waals surface area (Å²) in [5.74, 6) is 0.725. The Bertz CT molecular complexity index is 336. The van der Waals surface area contributed by atoms with E-state index in [9.17, 15) is 0 Å². The lowest BCUT2D eigenvalue weighted by molar-refractivity contribution is 0.0618. The summed E-state index contributed by atoms with van der Waals surface area (Å²) in [7, 11) is 0. The van der Waals surface area contributed by atoms with E-state index in [0.29, 0.717) is 0 Å². The van der Waals surface area contributed by atoms with Crippen molar-refractivity contribution in [3.63, 3.8) is 0 Å². The Morgan fingerprint density at radius 2 is 2.12 bits per heavy atom. The molecule has 0 amide bonds. The molecule has 0 saturated carbocycles. The molecule has 1 fully saturated rings. The van der Waals surface area contributed by atoms with Crippen LogP contribution in [-0.2, 0) is 4.74 Å². The van der Waals surface area contributed by atoms with E-state index in [4.69, 9.17) is 10.5 Å². The average Bonchev–Trinajstić information content (AvgIpc) is 2.30. The van der Waals surface area contributed by atoms with Crippen molar-refractivity contribution in [2.75, 3.05) is 13.2 Å². The highest BCUT2D eigenvalue weighted by molar-refractivity contribution is 9.10. The standard InChI is InChI=1S/C13H18BrNO/c14-12-3-1-2-11(9-12)13(15)8-10-4-6-16-7-5-10/h1-3,9-10,13H,4-8,15H2. The molecule has 88 valence electrons. The summed E-state index contributed by atoms with van der Waals surface area (Å²) in [4.78, 5) is 0. The van der Waals surface area contributed by atoms with Crippen molar-refractivity contribution in [2.24, 2.45) is 11.7 Å². The van der Waals surface area contributed by atoms with Crippen molar-refractivity contribution in [1.29, 1.82) is 0 Å². The van der Waals surface area contributed by atoms with E-state index < -0.39 is 0 Å². The van der Waals surface area contributed by atoms with Crippen LogP contribution in [0.4, 0.5) is 0 Å². The lowest BCUT2D eigenvalue weighted by atomic mass is 9.90. The minimum atomic E-state index is 0.153. The third kappa shape index (κ3) is 3.30. The van der Waals surface area contributed by atoms with Crippen molar-refractivity contribution in [2.45, 2.75) is 25.3 Å². The molecule has 1 aromatic carbocycles. The van der Waals surface area contributed by atoms with Gasteiger partial charge in [0.1, 0.15) is 0 Å². The molecule has 0 spiro atoms. The van der Waals surface area contributed by atoms with Gasteiger partial charge < -0.3 is 10.5 Å². The van der Waals surface area contributed by atoms with Crippen molar-refractivity contribution in [1.82, 2.24) is 0 Å². The van der Waals surface area contributed by atoms with Crippen molar-refractivity contribution in [3.8, 4) is 0 Å². The molecule has 0 bridgehead atoms. The maximum Gasteiger partial charge on any atom is 0.0468 e. The van der Waals surface area contributed by atoms with Gasteiger partial charge in [0, 0.05) is 23.7 Å². The first-order valence-corrected chi connectivity index (χ1v) is 6.64. The van der Waals surface area contributed by atoms with Crippen molar-refractivity contribution < 1.29 is 4.74 Å². The number of hydrogen-bond donors (Lipinski definition) is 1. The highest BCUT2D eigenvalue weighted by atomic mass is 79.9. The highest BCUT2D eigenvalue weighted by Crippen LogP contribution is 2.27. The zero-order valence-electron chi connectivity index (χ0n) is 9.36. The fourth-order valence-electron chi connectivity index (χ4n) is 2.21. The number of rotatable bonds is 3. The zero-order chi connectivity index (χ0) is 11.4.